The second-order valence-corrected chi connectivity index (χ2v) is 12.9. The third-order valence-electron chi connectivity index (χ3n) is 10.2. The highest BCUT2D eigenvalue weighted by Crippen LogP contribution is 2.53. The van der Waals surface area contributed by atoms with Crippen molar-refractivity contribution in [2.75, 3.05) is 0 Å². The van der Waals surface area contributed by atoms with Gasteiger partial charge >= 0.3 is 0 Å². The zero-order chi connectivity index (χ0) is 30.4. The van der Waals surface area contributed by atoms with E-state index in [1.165, 1.54) is 71.9 Å². The van der Waals surface area contributed by atoms with Gasteiger partial charge in [0, 0.05) is 21.8 Å². The Bertz CT molecular complexity index is 2420. The lowest BCUT2D eigenvalue weighted by Crippen LogP contribution is -2.15. The fourth-order valence-electron chi connectivity index (χ4n) is 8.21. The molecule has 6 aromatic rings. The number of rotatable bonds is 4. The van der Waals surface area contributed by atoms with Gasteiger partial charge in [0.05, 0.1) is 22.9 Å². The van der Waals surface area contributed by atoms with E-state index in [9.17, 15) is 0 Å². The van der Waals surface area contributed by atoms with E-state index in [-0.39, 0.29) is 5.41 Å². The Morgan fingerprint density at radius 3 is 2.69 bits per heavy atom. The van der Waals surface area contributed by atoms with Crippen molar-refractivity contribution in [2.24, 2.45) is 0 Å². The molecule has 0 bridgehead atoms. The van der Waals surface area contributed by atoms with Gasteiger partial charge in [-0.15, -0.1) is 0 Å². The summed E-state index contributed by atoms with van der Waals surface area (Å²) in [4.78, 5) is 10.3. The monoisotopic (exact) mass is 579 g/mol. The fourth-order valence-corrected chi connectivity index (χ4v) is 8.21. The largest absolute Gasteiger partial charge is 0.306 e. The van der Waals surface area contributed by atoms with Crippen LogP contribution in [0.3, 0.4) is 0 Å². The topological polar surface area (TPSA) is 30.7 Å². The Morgan fingerprint density at radius 1 is 0.933 bits per heavy atom. The maximum atomic E-state index is 5.37. The van der Waals surface area contributed by atoms with Crippen molar-refractivity contribution in [1.29, 1.82) is 0 Å². The van der Waals surface area contributed by atoms with Gasteiger partial charge in [0.2, 0.25) is 0 Å². The number of hydrogen-bond acceptors (Lipinski definition) is 2. The molecule has 0 saturated heterocycles. The first-order chi connectivity index (χ1) is 22.0. The van der Waals surface area contributed by atoms with Gasteiger partial charge in [0.25, 0.3) is 0 Å². The predicted octanol–water partition coefficient (Wildman–Crippen LogP) is 10.5. The lowest BCUT2D eigenvalue weighted by atomic mass is 9.80. The normalized spacial score (nSPS) is 16.1. The Balaban J connectivity index is 1.42. The standard InChI is InChI=1S/C42H33N3/c1-5-7-11-25(6-2)41-43-24-35-40(44-41)38-34(23-21-30-29-14-8-9-15-32(29)42(3,4)39(30)38)45(35)33-22-19-28-17-16-26-12-10-13-27-18-20-31(33)37(28)36(26)27/h5-11,13-16,18-24H,1,12,17H2,2-4H3/b11-7-,25-6+. The van der Waals surface area contributed by atoms with Crippen molar-refractivity contribution in [3.63, 3.8) is 0 Å². The van der Waals surface area contributed by atoms with Gasteiger partial charge in [0.1, 0.15) is 5.52 Å². The molecule has 0 fully saturated rings. The van der Waals surface area contributed by atoms with E-state index in [0.717, 1.165) is 35.3 Å². The molecule has 45 heavy (non-hydrogen) atoms. The summed E-state index contributed by atoms with van der Waals surface area (Å²) < 4.78 is 2.42. The molecule has 0 aliphatic heterocycles. The number of allylic oxidation sites excluding steroid dienone is 8. The molecule has 0 N–H and O–H groups in total. The van der Waals surface area contributed by atoms with Crippen molar-refractivity contribution in [1.82, 2.24) is 14.5 Å². The molecule has 2 heterocycles. The van der Waals surface area contributed by atoms with Gasteiger partial charge in [0.15, 0.2) is 5.82 Å². The summed E-state index contributed by atoms with van der Waals surface area (Å²) in [6, 6.07) is 22.8. The van der Waals surface area contributed by atoms with Crippen molar-refractivity contribution >= 4 is 49.9 Å². The highest BCUT2D eigenvalue weighted by Gasteiger charge is 2.38. The third-order valence-corrected chi connectivity index (χ3v) is 10.2. The lowest BCUT2D eigenvalue weighted by Gasteiger charge is -2.25. The van der Waals surface area contributed by atoms with Crippen LogP contribution in [0.15, 0.2) is 110 Å². The van der Waals surface area contributed by atoms with Gasteiger partial charge in [-0.25, -0.2) is 9.97 Å². The van der Waals surface area contributed by atoms with Crippen LogP contribution in [0.2, 0.25) is 0 Å². The molecule has 9 rings (SSSR count). The smallest absolute Gasteiger partial charge is 0.159 e. The van der Waals surface area contributed by atoms with Gasteiger partial charge in [-0.2, -0.15) is 0 Å². The Morgan fingerprint density at radius 2 is 1.82 bits per heavy atom. The number of nitrogens with zero attached hydrogens (tertiary/aromatic N) is 3. The Labute approximate surface area is 263 Å². The molecule has 0 unspecified atom stereocenters. The quantitative estimate of drug-likeness (QED) is 0.195. The summed E-state index contributed by atoms with van der Waals surface area (Å²) in [5.41, 5.74) is 16.0. The second kappa shape index (κ2) is 9.36. The van der Waals surface area contributed by atoms with Crippen molar-refractivity contribution in [2.45, 2.75) is 39.0 Å². The molecule has 0 saturated carbocycles. The first-order valence-corrected chi connectivity index (χ1v) is 15.9. The lowest BCUT2D eigenvalue weighted by molar-refractivity contribution is 0.666. The summed E-state index contributed by atoms with van der Waals surface area (Å²) in [5.74, 6) is 0.721. The SMILES string of the molecule is C=C/C=C\C(=C/C)c1ncc2c(n1)c1c3c(ccc1n2-c1ccc2c4c5c(ccc14)C=CCC5=CC2)-c1ccccc1C3(C)C. The van der Waals surface area contributed by atoms with Crippen LogP contribution in [-0.2, 0) is 11.8 Å². The molecule has 0 radical (unpaired) electrons. The van der Waals surface area contributed by atoms with Crippen molar-refractivity contribution in [3.8, 4) is 16.8 Å². The van der Waals surface area contributed by atoms with E-state index in [2.05, 4.69) is 110 Å². The van der Waals surface area contributed by atoms with Gasteiger partial charge < -0.3 is 4.57 Å². The van der Waals surface area contributed by atoms with Crippen LogP contribution < -0.4 is 0 Å². The zero-order valence-electron chi connectivity index (χ0n) is 25.9. The van der Waals surface area contributed by atoms with Crippen LogP contribution in [0.25, 0.3) is 66.7 Å². The Hall–Kier alpha value is -5.28. The maximum absolute atomic E-state index is 5.37. The predicted molar refractivity (Wildman–Crippen MR) is 190 cm³/mol. The average Bonchev–Trinajstić information content (AvgIpc) is 3.52. The maximum Gasteiger partial charge on any atom is 0.159 e. The fraction of sp³-hybridized carbons (Fsp3) is 0.143. The molecule has 0 amide bonds. The molecule has 2 aromatic heterocycles. The molecule has 3 nitrogen and oxygen atoms in total. The molecular weight excluding hydrogens is 546 g/mol. The number of hydrogen-bond donors (Lipinski definition) is 0. The molecule has 3 aliphatic carbocycles. The molecule has 0 atom stereocenters. The second-order valence-electron chi connectivity index (χ2n) is 12.9. The van der Waals surface area contributed by atoms with E-state index in [1.807, 2.05) is 25.3 Å². The number of benzene rings is 4. The van der Waals surface area contributed by atoms with E-state index in [4.69, 9.17) is 9.97 Å². The first-order valence-electron chi connectivity index (χ1n) is 15.9. The van der Waals surface area contributed by atoms with Crippen molar-refractivity contribution in [3.05, 3.63) is 144 Å². The van der Waals surface area contributed by atoms with E-state index in [1.54, 1.807) is 6.08 Å². The van der Waals surface area contributed by atoms with E-state index >= 15 is 0 Å². The van der Waals surface area contributed by atoms with E-state index < -0.39 is 0 Å². The number of fused-ring (bicyclic) bond motifs is 7. The molecule has 3 heteroatoms. The van der Waals surface area contributed by atoms with Gasteiger partial charge in [-0.1, -0.05) is 111 Å². The minimum absolute atomic E-state index is 0.181. The highest BCUT2D eigenvalue weighted by atomic mass is 15.0. The number of aromatic nitrogens is 3. The van der Waals surface area contributed by atoms with Crippen LogP contribution in [-0.4, -0.2) is 14.5 Å². The zero-order valence-corrected chi connectivity index (χ0v) is 25.9. The summed E-state index contributed by atoms with van der Waals surface area (Å²) >= 11 is 0. The van der Waals surface area contributed by atoms with Gasteiger partial charge in [-0.05, 0) is 81.8 Å². The van der Waals surface area contributed by atoms with Crippen molar-refractivity contribution < 1.29 is 0 Å². The summed E-state index contributed by atoms with van der Waals surface area (Å²) in [5, 5.41) is 3.88. The third kappa shape index (κ3) is 3.47. The molecule has 216 valence electrons. The van der Waals surface area contributed by atoms with Gasteiger partial charge in [-0.3, -0.25) is 0 Å². The molecule has 3 aliphatic rings. The summed E-state index contributed by atoms with van der Waals surface area (Å²) in [6.07, 6.45) is 18.8. The summed E-state index contributed by atoms with van der Waals surface area (Å²) in [7, 11) is 0. The van der Waals surface area contributed by atoms with Crippen LogP contribution in [0.5, 0.6) is 0 Å². The van der Waals surface area contributed by atoms with Crippen LogP contribution in [0.1, 0.15) is 60.8 Å². The summed E-state index contributed by atoms with van der Waals surface area (Å²) in [6.45, 7) is 10.6. The Kier molecular flexibility index (Phi) is 5.44. The molecular formula is C42H33N3. The van der Waals surface area contributed by atoms with Crippen LogP contribution >= 0.6 is 0 Å². The highest BCUT2D eigenvalue weighted by molar-refractivity contribution is 6.14. The molecule has 0 spiro atoms. The molecule has 4 aromatic carbocycles. The minimum Gasteiger partial charge on any atom is -0.306 e. The average molecular weight is 580 g/mol. The first kappa shape index (κ1) is 26.2. The van der Waals surface area contributed by atoms with Crippen LogP contribution in [0.4, 0.5) is 0 Å². The van der Waals surface area contributed by atoms with E-state index in [0.29, 0.717) is 0 Å². The minimum atomic E-state index is -0.181. The van der Waals surface area contributed by atoms with Crippen LogP contribution in [0, 0.1) is 0 Å².